The number of anilines is 1. The Hall–Kier alpha value is -3.33. The molecule has 9 heteroatoms. The summed E-state index contributed by atoms with van der Waals surface area (Å²) in [7, 11) is 0. The van der Waals surface area contributed by atoms with Crippen molar-refractivity contribution in [1.82, 2.24) is 24.7 Å². The number of nitrogens with zero attached hydrogens (tertiary/aromatic N) is 4. The largest absolute Gasteiger partial charge is 0.326 e. The van der Waals surface area contributed by atoms with E-state index in [-0.39, 0.29) is 24.4 Å². The van der Waals surface area contributed by atoms with Gasteiger partial charge in [0, 0.05) is 28.7 Å². The van der Waals surface area contributed by atoms with E-state index in [2.05, 4.69) is 41.4 Å². The third-order valence-electron chi connectivity index (χ3n) is 4.37. The number of rotatable bonds is 5. The molecule has 0 unspecified atom stereocenters. The lowest BCUT2D eigenvalue weighted by Crippen LogP contribution is -2.23. The molecule has 0 radical (unpaired) electrons. The first-order valence-electron chi connectivity index (χ1n) is 8.93. The van der Waals surface area contributed by atoms with Crippen LogP contribution in [-0.2, 0) is 11.3 Å². The molecule has 146 valence electrons. The van der Waals surface area contributed by atoms with Crippen LogP contribution in [0.5, 0.6) is 0 Å². The first-order chi connectivity index (χ1) is 14.0. The van der Waals surface area contributed by atoms with E-state index in [0.717, 1.165) is 15.9 Å². The minimum Gasteiger partial charge on any atom is -0.326 e. The lowest BCUT2D eigenvalue weighted by Gasteiger charge is -2.08. The number of H-pyrrole nitrogens is 1. The van der Waals surface area contributed by atoms with Gasteiger partial charge in [-0.1, -0.05) is 28.1 Å². The second kappa shape index (κ2) is 7.96. The second-order valence-electron chi connectivity index (χ2n) is 6.53. The van der Waals surface area contributed by atoms with E-state index in [0.29, 0.717) is 22.4 Å². The third kappa shape index (κ3) is 4.24. The van der Waals surface area contributed by atoms with Crippen molar-refractivity contribution in [3.05, 3.63) is 69.4 Å². The van der Waals surface area contributed by atoms with Gasteiger partial charge in [0.05, 0.1) is 17.2 Å². The van der Waals surface area contributed by atoms with E-state index in [1.54, 1.807) is 18.2 Å². The first-order valence-corrected chi connectivity index (χ1v) is 9.73. The summed E-state index contributed by atoms with van der Waals surface area (Å²) in [5.74, 6) is 1.09. The van der Waals surface area contributed by atoms with E-state index >= 15 is 0 Å². The molecule has 0 saturated carbocycles. The number of nitrogens with one attached hydrogen (secondary N) is 2. The summed E-state index contributed by atoms with van der Waals surface area (Å²) in [6, 6.07) is 12.6. The zero-order chi connectivity index (χ0) is 20.4. The Morgan fingerprint density at radius 3 is 2.90 bits per heavy atom. The predicted molar refractivity (Wildman–Crippen MR) is 114 cm³/mol. The highest BCUT2D eigenvalue weighted by atomic mass is 79.9. The van der Waals surface area contributed by atoms with Gasteiger partial charge in [-0.25, -0.2) is 9.97 Å². The van der Waals surface area contributed by atoms with Gasteiger partial charge in [-0.15, -0.1) is 0 Å². The Kier molecular flexibility index (Phi) is 5.22. The molecule has 29 heavy (non-hydrogen) atoms. The van der Waals surface area contributed by atoms with Crippen molar-refractivity contribution < 1.29 is 4.79 Å². The van der Waals surface area contributed by atoms with E-state index in [1.165, 1.54) is 10.9 Å². The zero-order valence-electron chi connectivity index (χ0n) is 15.5. The number of aromatic amines is 1. The van der Waals surface area contributed by atoms with E-state index in [4.69, 9.17) is 0 Å². The smallest absolute Gasteiger partial charge is 0.261 e. The molecule has 0 saturated heterocycles. The number of halogens is 1. The molecule has 0 spiro atoms. The summed E-state index contributed by atoms with van der Waals surface area (Å²) >= 11 is 3.36. The lowest BCUT2D eigenvalue weighted by atomic mass is 10.2. The van der Waals surface area contributed by atoms with Gasteiger partial charge in [0.15, 0.2) is 5.82 Å². The van der Waals surface area contributed by atoms with Gasteiger partial charge in [0.1, 0.15) is 5.82 Å². The van der Waals surface area contributed by atoms with Gasteiger partial charge in [-0.05, 0) is 37.3 Å². The van der Waals surface area contributed by atoms with Gasteiger partial charge in [-0.3, -0.25) is 19.3 Å². The van der Waals surface area contributed by atoms with Crippen molar-refractivity contribution in [1.29, 1.82) is 0 Å². The van der Waals surface area contributed by atoms with Crippen LogP contribution >= 0.6 is 15.9 Å². The highest BCUT2D eigenvalue weighted by Crippen LogP contribution is 2.19. The first kappa shape index (κ1) is 19.0. The molecule has 0 aliphatic carbocycles. The normalized spacial score (nSPS) is 11.0. The number of hydrogen-bond donors (Lipinski definition) is 2. The molecule has 0 fully saturated rings. The fourth-order valence-corrected chi connectivity index (χ4v) is 3.30. The van der Waals surface area contributed by atoms with Gasteiger partial charge in [-0.2, -0.15) is 5.10 Å². The summed E-state index contributed by atoms with van der Waals surface area (Å²) in [6.45, 7) is 2.06. The van der Waals surface area contributed by atoms with Crippen molar-refractivity contribution in [3.63, 3.8) is 0 Å². The predicted octanol–water partition coefficient (Wildman–Crippen LogP) is 3.28. The fourth-order valence-electron chi connectivity index (χ4n) is 2.94. The summed E-state index contributed by atoms with van der Waals surface area (Å²) in [5.41, 5.74) is 1.89. The Bertz CT molecular complexity index is 1260. The topological polar surface area (TPSA) is 106 Å². The second-order valence-corrected chi connectivity index (χ2v) is 7.44. The maximum absolute atomic E-state index is 12.6. The monoisotopic (exact) mass is 452 g/mol. The van der Waals surface area contributed by atoms with Crippen LogP contribution in [0.1, 0.15) is 12.2 Å². The van der Waals surface area contributed by atoms with Crippen LogP contribution in [-0.4, -0.2) is 30.6 Å². The summed E-state index contributed by atoms with van der Waals surface area (Å²) in [5, 5.41) is 10.3. The summed E-state index contributed by atoms with van der Waals surface area (Å²) in [4.78, 5) is 33.6. The fraction of sp³-hybridized carbons (Fsp3) is 0.150. The number of amides is 1. The minimum absolute atomic E-state index is 0.144. The van der Waals surface area contributed by atoms with E-state index < -0.39 is 0 Å². The number of carbonyl (C=O) groups is 1. The molecule has 4 rings (SSSR count). The molecule has 2 heterocycles. The highest BCUT2D eigenvalue weighted by Gasteiger charge is 2.09. The number of aromatic nitrogens is 5. The van der Waals surface area contributed by atoms with E-state index in [1.807, 2.05) is 31.2 Å². The molecule has 2 N–H and O–H groups in total. The molecule has 1 amide bonds. The number of fused-ring (bicyclic) bond motifs is 1. The van der Waals surface area contributed by atoms with Crippen LogP contribution in [0.3, 0.4) is 0 Å². The highest BCUT2D eigenvalue weighted by molar-refractivity contribution is 9.10. The van der Waals surface area contributed by atoms with Crippen LogP contribution in [0.15, 0.2) is 58.1 Å². The van der Waals surface area contributed by atoms with Crippen LogP contribution in [0.2, 0.25) is 0 Å². The molecule has 2 aromatic carbocycles. The Morgan fingerprint density at radius 1 is 1.24 bits per heavy atom. The van der Waals surface area contributed by atoms with Crippen LogP contribution in [0.4, 0.5) is 5.69 Å². The van der Waals surface area contributed by atoms with Crippen molar-refractivity contribution >= 4 is 38.4 Å². The maximum atomic E-state index is 12.6. The van der Waals surface area contributed by atoms with Gasteiger partial charge in [0.2, 0.25) is 5.91 Å². The molecule has 8 nitrogen and oxygen atoms in total. The summed E-state index contributed by atoms with van der Waals surface area (Å²) in [6.07, 6.45) is 1.61. The quantitative estimate of drug-likeness (QED) is 0.483. The SMILES string of the molecule is Cc1nc(-c2cccc(NC(=O)CCn3cnc4ccc(Br)cc4c3=O)c2)n[nH]1. The van der Waals surface area contributed by atoms with Gasteiger partial charge >= 0.3 is 0 Å². The standard InChI is InChI=1S/C20H17BrN6O2/c1-12-23-19(26-25-12)13-3-2-4-15(9-13)24-18(28)7-8-27-11-22-17-6-5-14(21)10-16(17)20(27)29/h2-6,9-11H,7-8H2,1H3,(H,24,28)(H,23,25,26). The van der Waals surface area contributed by atoms with Crippen molar-refractivity contribution in [2.45, 2.75) is 19.9 Å². The molecule has 0 bridgehead atoms. The van der Waals surface area contributed by atoms with Crippen LogP contribution in [0, 0.1) is 6.92 Å². The number of carbonyl (C=O) groups excluding carboxylic acids is 1. The Balaban J connectivity index is 1.45. The number of benzene rings is 2. The van der Waals surface area contributed by atoms with Crippen LogP contribution in [0.25, 0.3) is 22.3 Å². The molecule has 0 atom stereocenters. The molecular weight excluding hydrogens is 436 g/mol. The zero-order valence-corrected chi connectivity index (χ0v) is 17.1. The molecule has 4 aromatic rings. The average molecular weight is 453 g/mol. The molecule has 0 aliphatic heterocycles. The van der Waals surface area contributed by atoms with Crippen molar-refractivity contribution in [3.8, 4) is 11.4 Å². The summed E-state index contributed by atoms with van der Waals surface area (Å²) < 4.78 is 2.25. The van der Waals surface area contributed by atoms with Crippen molar-refractivity contribution in [2.24, 2.45) is 0 Å². The average Bonchev–Trinajstić information content (AvgIpc) is 3.14. The molecule has 2 aromatic heterocycles. The van der Waals surface area contributed by atoms with Crippen molar-refractivity contribution in [2.75, 3.05) is 5.32 Å². The molecule has 0 aliphatic rings. The van der Waals surface area contributed by atoms with Gasteiger partial charge < -0.3 is 5.32 Å². The third-order valence-corrected chi connectivity index (χ3v) is 4.86. The van der Waals surface area contributed by atoms with Gasteiger partial charge in [0.25, 0.3) is 5.56 Å². The number of hydrogen-bond acceptors (Lipinski definition) is 5. The number of aryl methyl sites for hydroxylation is 2. The minimum atomic E-state index is -0.199. The Morgan fingerprint density at radius 2 is 2.10 bits per heavy atom. The van der Waals surface area contributed by atoms with E-state index in [9.17, 15) is 9.59 Å². The Labute approximate surface area is 174 Å². The molecular formula is C20H17BrN6O2. The van der Waals surface area contributed by atoms with Crippen LogP contribution < -0.4 is 10.9 Å². The lowest BCUT2D eigenvalue weighted by molar-refractivity contribution is -0.116. The maximum Gasteiger partial charge on any atom is 0.261 e.